The van der Waals surface area contributed by atoms with Crippen molar-refractivity contribution < 1.29 is 23.4 Å². The molecule has 1 aliphatic heterocycles. The van der Waals surface area contributed by atoms with Crippen LogP contribution in [0.5, 0.6) is 5.75 Å². The van der Waals surface area contributed by atoms with Gasteiger partial charge in [0.05, 0.1) is 6.10 Å². The quantitative estimate of drug-likeness (QED) is 0.610. The molecule has 1 saturated heterocycles. The summed E-state index contributed by atoms with van der Waals surface area (Å²) in [4.78, 5) is 14.7. The van der Waals surface area contributed by atoms with E-state index >= 15 is 0 Å². The monoisotopic (exact) mass is 373 g/mol. The molecule has 0 amide bonds. The Kier molecular flexibility index (Phi) is 7.93. The van der Waals surface area contributed by atoms with Crippen molar-refractivity contribution >= 4 is 17.7 Å². The molecule has 1 fully saturated rings. The Labute approximate surface area is 152 Å². The van der Waals surface area contributed by atoms with Gasteiger partial charge in [-0.25, -0.2) is 9.23 Å². The SMILES string of the molecule is CCCO[C@H]1CCC[C@H](NCl)C(=O)O[C@@H](C)[C@@H]1Oc1cccc(F)c1. The summed E-state index contributed by atoms with van der Waals surface area (Å²) < 4.78 is 30.9. The van der Waals surface area contributed by atoms with E-state index in [4.69, 9.17) is 26.0 Å². The Balaban J connectivity index is 2.21. The molecule has 0 saturated carbocycles. The highest BCUT2D eigenvalue weighted by atomic mass is 35.5. The molecule has 1 aromatic rings. The summed E-state index contributed by atoms with van der Waals surface area (Å²) in [6.07, 6.45) is 1.46. The molecule has 1 aliphatic rings. The Hall–Kier alpha value is -1.37. The summed E-state index contributed by atoms with van der Waals surface area (Å²) in [5.74, 6) is -0.432. The number of esters is 1. The Morgan fingerprint density at radius 2 is 2.20 bits per heavy atom. The smallest absolute Gasteiger partial charge is 0.324 e. The molecule has 1 N–H and O–H groups in total. The maximum Gasteiger partial charge on any atom is 0.324 e. The lowest BCUT2D eigenvalue weighted by atomic mass is 10.0. The van der Waals surface area contributed by atoms with Crippen LogP contribution >= 0.6 is 11.8 Å². The van der Waals surface area contributed by atoms with Gasteiger partial charge in [0.15, 0.2) is 6.10 Å². The summed E-state index contributed by atoms with van der Waals surface area (Å²) in [6, 6.07) is 5.34. The molecule has 0 unspecified atom stereocenters. The third kappa shape index (κ3) is 5.83. The average Bonchev–Trinajstić information content (AvgIpc) is 2.63. The number of carbonyl (C=O) groups is 1. The summed E-state index contributed by atoms with van der Waals surface area (Å²) in [6.45, 7) is 4.35. The average molecular weight is 374 g/mol. The van der Waals surface area contributed by atoms with Crippen molar-refractivity contribution in [3.63, 3.8) is 0 Å². The zero-order valence-electron chi connectivity index (χ0n) is 14.5. The molecular weight excluding hydrogens is 349 g/mol. The van der Waals surface area contributed by atoms with Gasteiger partial charge in [-0.2, -0.15) is 0 Å². The molecule has 140 valence electrons. The summed E-state index contributed by atoms with van der Waals surface area (Å²) in [7, 11) is 0. The molecule has 1 heterocycles. The molecule has 5 nitrogen and oxygen atoms in total. The fraction of sp³-hybridized carbons (Fsp3) is 0.611. The second-order valence-electron chi connectivity index (χ2n) is 6.18. The zero-order valence-corrected chi connectivity index (χ0v) is 15.3. The number of hydrogen-bond acceptors (Lipinski definition) is 5. The highest BCUT2D eigenvalue weighted by Gasteiger charge is 2.35. The van der Waals surface area contributed by atoms with Crippen molar-refractivity contribution in [2.24, 2.45) is 0 Å². The van der Waals surface area contributed by atoms with Gasteiger partial charge >= 0.3 is 5.97 Å². The first kappa shape index (κ1) is 19.9. The number of nitrogens with one attached hydrogen (secondary N) is 1. The van der Waals surface area contributed by atoms with Crippen LogP contribution in [-0.4, -0.2) is 36.9 Å². The number of rotatable bonds is 6. The molecule has 1 aromatic carbocycles. The van der Waals surface area contributed by atoms with Crippen LogP contribution < -0.4 is 9.57 Å². The number of carbonyl (C=O) groups excluding carboxylic acids is 1. The highest BCUT2D eigenvalue weighted by Crippen LogP contribution is 2.24. The molecule has 0 radical (unpaired) electrons. The van der Waals surface area contributed by atoms with Gasteiger partial charge in [-0.3, -0.25) is 4.79 Å². The van der Waals surface area contributed by atoms with Crippen molar-refractivity contribution in [2.75, 3.05) is 6.61 Å². The third-order valence-corrected chi connectivity index (χ3v) is 4.40. The van der Waals surface area contributed by atoms with Crippen LogP contribution in [0.25, 0.3) is 0 Å². The van der Waals surface area contributed by atoms with Crippen molar-refractivity contribution in [1.29, 1.82) is 0 Å². The van der Waals surface area contributed by atoms with Crippen LogP contribution in [0.4, 0.5) is 4.39 Å². The van der Waals surface area contributed by atoms with Gasteiger partial charge in [-0.1, -0.05) is 13.0 Å². The van der Waals surface area contributed by atoms with Crippen molar-refractivity contribution in [3.05, 3.63) is 30.1 Å². The lowest BCUT2D eigenvalue weighted by Gasteiger charge is -2.31. The van der Waals surface area contributed by atoms with Crippen LogP contribution in [0.2, 0.25) is 0 Å². The molecule has 0 bridgehead atoms. The summed E-state index contributed by atoms with van der Waals surface area (Å²) in [5, 5.41) is 0. The maximum atomic E-state index is 13.5. The van der Waals surface area contributed by atoms with E-state index in [0.29, 0.717) is 25.2 Å². The van der Waals surface area contributed by atoms with E-state index in [1.165, 1.54) is 12.1 Å². The van der Waals surface area contributed by atoms with Crippen molar-refractivity contribution in [2.45, 2.75) is 63.9 Å². The van der Waals surface area contributed by atoms with Gasteiger partial charge in [0, 0.05) is 12.7 Å². The van der Waals surface area contributed by atoms with Crippen LogP contribution in [0, 0.1) is 5.82 Å². The van der Waals surface area contributed by atoms with Crippen molar-refractivity contribution in [1.82, 2.24) is 4.84 Å². The molecule has 0 spiro atoms. The van der Waals surface area contributed by atoms with Gasteiger partial charge in [0.1, 0.15) is 23.7 Å². The van der Waals surface area contributed by atoms with E-state index in [-0.39, 0.29) is 11.9 Å². The lowest BCUT2D eigenvalue weighted by molar-refractivity contribution is -0.159. The normalized spacial score (nSPS) is 27.8. The van der Waals surface area contributed by atoms with Crippen LogP contribution in [0.3, 0.4) is 0 Å². The second kappa shape index (κ2) is 9.94. The zero-order chi connectivity index (χ0) is 18.2. The van der Waals surface area contributed by atoms with E-state index in [2.05, 4.69) is 4.84 Å². The highest BCUT2D eigenvalue weighted by molar-refractivity contribution is 6.14. The predicted molar refractivity (Wildman–Crippen MR) is 93.0 cm³/mol. The summed E-state index contributed by atoms with van der Waals surface area (Å²) in [5.41, 5.74) is 0. The standard InChI is InChI=1S/C18H25ClFNO4/c1-3-10-23-16-9-5-8-15(21-19)18(22)24-12(2)17(16)25-14-7-4-6-13(20)11-14/h4,6-7,11-12,15-17,21H,3,5,8-10H2,1-2H3/t12-,15-,16-,17-/m0/s1. The Morgan fingerprint density at radius 1 is 1.40 bits per heavy atom. The number of benzene rings is 1. The first-order chi connectivity index (χ1) is 12.0. The largest absolute Gasteiger partial charge is 0.484 e. The van der Waals surface area contributed by atoms with Crippen LogP contribution in [0.15, 0.2) is 24.3 Å². The molecule has 0 aliphatic carbocycles. The molecule has 4 atom stereocenters. The molecule has 2 rings (SSSR count). The fourth-order valence-corrected chi connectivity index (χ4v) is 3.05. The molecular formula is C18H25ClFNO4. The first-order valence-corrected chi connectivity index (χ1v) is 9.03. The minimum Gasteiger partial charge on any atom is -0.484 e. The number of hydrogen-bond donors (Lipinski definition) is 1. The molecule has 7 heteroatoms. The molecule has 0 aromatic heterocycles. The van der Waals surface area contributed by atoms with Crippen LogP contribution in [-0.2, 0) is 14.3 Å². The minimum atomic E-state index is -0.566. The van der Waals surface area contributed by atoms with E-state index in [1.807, 2.05) is 6.92 Å². The summed E-state index contributed by atoms with van der Waals surface area (Å²) >= 11 is 5.65. The minimum absolute atomic E-state index is 0.264. The van der Waals surface area contributed by atoms with Crippen molar-refractivity contribution in [3.8, 4) is 5.75 Å². The van der Waals surface area contributed by atoms with E-state index in [9.17, 15) is 9.18 Å². The Bertz CT molecular complexity index is 560. The number of halogens is 2. The van der Waals surface area contributed by atoms with Crippen LogP contribution in [0.1, 0.15) is 39.5 Å². The first-order valence-electron chi connectivity index (χ1n) is 8.65. The van der Waals surface area contributed by atoms with Gasteiger partial charge in [-0.05, 0) is 56.5 Å². The number of ether oxygens (including phenoxy) is 3. The lowest BCUT2D eigenvalue weighted by Crippen LogP contribution is -2.45. The van der Waals surface area contributed by atoms with E-state index in [1.54, 1.807) is 19.1 Å². The number of cyclic esters (lactones) is 1. The second-order valence-corrected chi connectivity index (χ2v) is 6.40. The van der Waals surface area contributed by atoms with Gasteiger partial charge < -0.3 is 14.2 Å². The third-order valence-electron chi connectivity index (χ3n) is 4.13. The van der Waals surface area contributed by atoms with Gasteiger partial charge in [0.2, 0.25) is 0 Å². The predicted octanol–water partition coefficient (Wildman–Crippen LogP) is 3.60. The fourth-order valence-electron chi connectivity index (χ4n) is 2.86. The van der Waals surface area contributed by atoms with E-state index in [0.717, 1.165) is 12.8 Å². The Morgan fingerprint density at radius 3 is 2.88 bits per heavy atom. The van der Waals surface area contributed by atoms with E-state index < -0.39 is 24.2 Å². The topological polar surface area (TPSA) is 56.8 Å². The molecule has 25 heavy (non-hydrogen) atoms. The van der Waals surface area contributed by atoms with Gasteiger partial charge in [0.25, 0.3) is 0 Å². The van der Waals surface area contributed by atoms with Gasteiger partial charge in [-0.15, -0.1) is 0 Å². The maximum absolute atomic E-state index is 13.5.